The second kappa shape index (κ2) is 5.87. The van der Waals surface area contributed by atoms with Crippen molar-refractivity contribution in [2.75, 3.05) is 24.5 Å². The monoisotopic (exact) mass is 295 g/mol. The molecule has 0 aromatic carbocycles. The van der Waals surface area contributed by atoms with E-state index in [2.05, 4.69) is 4.98 Å². The lowest BCUT2D eigenvalue weighted by molar-refractivity contribution is 0.0158. The summed E-state index contributed by atoms with van der Waals surface area (Å²) in [5, 5.41) is 0. The summed E-state index contributed by atoms with van der Waals surface area (Å²) in [5.41, 5.74) is -0.502. The van der Waals surface area contributed by atoms with Gasteiger partial charge in [-0.05, 0) is 33.8 Å². The van der Waals surface area contributed by atoms with Gasteiger partial charge in [0.1, 0.15) is 17.2 Å². The molecule has 0 unspecified atom stereocenters. The Labute approximate surface area is 124 Å². The van der Waals surface area contributed by atoms with Crippen molar-refractivity contribution in [1.82, 2.24) is 9.88 Å². The minimum atomic E-state index is -0.502. The molecule has 0 spiro atoms. The number of carbonyl (C=O) groups is 1. The third-order valence-electron chi connectivity index (χ3n) is 3.29. The largest absolute Gasteiger partial charge is 0.444 e. The number of hydrogen-bond acceptors (Lipinski definition) is 4. The highest BCUT2D eigenvalue weighted by molar-refractivity contribution is 5.69. The van der Waals surface area contributed by atoms with E-state index in [0.29, 0.717) is 25.5 Å². The zero-order valence-corrected chi connectivity index (χ0v) is 13.0. The topological polar surface area (TPSA) is 45.7 Å². The van der Waals surface area contributed by atoms with E-state index in [1.54, 1.807) is 4.90 Å². The predicted molar refractivity (Wildman–Crippen MR) is 78.8 cm³/mol. The number of piperazine rings is 1. The van der Waals surface area contributed by atoms with Gasteiger partial charge in [0.15, 0.2) is 0 Å². The Morgan fingerprint density at radius 1 is 1.43 bits per heavy atom. The molecule has 1 aliphatic heterocycles. The van der Waals surface area contributed by atoms with Crippen LogP contribution in [-0.2, 0) is 4.74 Å². The molecule has 2 heterocycles. The van der Waals surface area contributed by atoms with Crippen LogP contribution in [0.5, 0.6) is 0 Å². The second-order valence-corrected chi connectivity index (χ2v) is 6.30. The average Bonchev–Trinajstić information content (AvgIpc) is 2.36. The van der Waals surface area contributed by atoms with E-state index in [0.717, 1.165) is 0 Å². The van der Waals surface area contributed by atoms with Gasteiger partial charge in [-0.1, -0.05) is 0 Å². The summed E-state index contributed by atoms with van der Waals surface area (Å²) in [5.74, 6) is 0.299. The van der Waals surface area contributed by atoms with Crippen molar-refractivity contribution < 1.29 is 13.9 Å². The van der Waals surface area contributed by atoms with Crippen LogP contribution in [0, 0.1) is 5.82 Å². The van der Waals surface area contributed by atoms with E-state index in [4.69, 9.17) is 4.74 Å². The molecule has 6 heteroatoms. The smallest absolute Gasteiger partial charge is 0.410 e. The fourth-order valence-corrected chi connectivity index (χ4v) is 2.32. The van der Waals surface area contributed by atoms with Crippen LogP contribution in [0.15, 0.2) is 18.3 Å². The van der Waals surface area contributed by atoms with Gasteiger partial charge >= 0.3 is 6.09 Å². The Balaban J connectivity index is 2.01. The van der Waals surface area contributed by atoms with Crippen molar-refractivity contribution in [2.24, 2.45) is 0 Å². The summed E-state index contributed by atoms with van der Waals surface area (Å²) in [6.07, 6.45) is 1.15. The van der Waals surface area contributed by atoms with Crippen molar-refractivity contribution in [3.8, 4) is 0 Å². The van der Waals surface area contributed by atoms with E-state index < -0.39 is 5.60 Å². The average molecular weight is 295 g/mol. The van der Waals surface area contributed by atoms with Gasteiger partial charge in [0.05, 0.1) is 0 Å². The van der Waals surface area contributed by atoms with Crippen molar-refractivity contribution in [3.63, 3.8) is 0 Å². The van der Waals surface area contributed by atoms with Gasteiger partial charge in [-0.2, -0.15) is 0 Å². The number of nitrogens with zero attached hydrogens (tertiary/aromatic N) is 3. The van der Waals surface area contributed by atoms with E-state index in [1.807, 2.05) is 32.6 Å². The predicted octanol–water partition coefficient (Wildman–Crippen LogP) is 2.67. The third kappa shape index (κ3) is 4.06. The SMILES string of the molecule is C[C@H]1CN(c2cc(F)ccn2)CCN1C(=O)OC(C)(C)C. The highest BCUT2D eigenvalue weighted by Gasteiger charge is 2.31. The molecule has 5 nitrogen and oxygen atoms in total. The zero-order valence-electron chi connectivity index (χ0n) is 13.0. The molecule has 1 aromatic heterocycles. The molecule has 1 aliphatic rings. The van der Waals surface area contributed by atoms with Crippen LogP contribution >= 0.6 is 0 Å². The molecule has 0 bridgehead atoms. The fraction of sp³-hybridized carbons (Fsp3) is 0.600. The molecule has 1 atom stereocenters. The van der Waals surface area contributed by atoms with Gasteiger partial charge in [0.25, 0.3) is 0 Å². The van der Waals surface area contributed by atoms with E-state index in [9.17, 15) is 9.18 Å². The van der Waals surface area contributed by atoms with Gasteiger partial charge in [-0.25, -0.2) is 14.2 Å². The Hall–Kier alpha value is -1.85. The number of hydrogen-bond donors (Lipinski definition) is 0. The summed E-state index contributed by atoms with van der Waals surface area (Å²) < 4.78 is 18.7. The Bertz CT molecular complexity index is 516. The Morgan fingerprint density at radius 3 is 2.71 bits per heavy atom. The van der Waals surface area contributed by atoms with Crippen LogP contribution < -0.4 is 4.90 Å². The maximum atomic E-state index is 13.3. The number of pyridine rings is 1. The number of carbonyl (C=O) groups excluding carboxylic acids is 1. The van der Waals surface area contributed by atoms with Crippen molar-refractivity contribution in [3.05, 3.63) is 24.1 Å². The first-order valence-electron chi connectivity index (χ1n) is 7.12. The van der Waals surface area contributed by atoms with Gasteiger partial charge < -0.3 is 14.5 Å². The first kappa shape index (κ1) is 15.5. The van der Waals surface area contributed by atoms with Crippen LogP contribution in [0.4, 0.5) is 15.0 Å². The van der Waals surface area contributed by atoms with Crippen LogP contribution in [0.3, 0.4) is 0 Å². The summed E-state index contributed by atoms with van der Waals surface area (Å²) in [7, 11) is 0. The van der Waals surface area contributed by atoms with Crippen LogP contribution in [0.25, 0.3) is 0 Å². The molecular weight excluding hydrogens is 273 g/mol. The molecule has 1 saturated heterocycles. The van der Waals surface area contributed by atoms with Gasteiger partial charge in [-0.3, -0.25) is 0 Å². The van der Waals surface area contributed by atoms with Gasteiger partial charge in [-0.15, -0.1) is 0 Å². The normalized spacial score (nSPS) is 19.6. The standard InChI is InChI=1S/C15H22FN3O2/c1-11-10-18(13-9-12(16)5-6-17-13)7-8-19(11)14(20)21-15(2,3)4/h5-6,9,11H,7-8,10H2,1-4H3/t11-/m0/s1. The van der Waals surface area contributed by atoms with Crippen LogP contribution in [0.2, 0.25) is 0 Å². The van der Waals surface area contributed by atoms with E-state index >= 15 is 0 Å². The van der Waals surface area contributed by atoms with Crippen LogP contribution in [-0.4, -0.2) is 47.3 Å². The minimum Gasteiger partial charge on any atom is -0.444 e. The summed E-state index contributed by atoms with van der Waals surface area (Å²) in [4.78, 5) is 20.0. The highest BCUT2D eigenvalue weighted by Crippen LogP contribution is 2.19. The highest BCUT2D eigenvalue weighted by atomic mass is 19.1. The molecule has 0 N–H and O–H groups in total. The van der Waals surface area contributed by atoms with Gasteiger partial charge in [0, 0.05) is 37.9 Å². The first-order valence-corrected chi connectivity index (χ1v) is 7.12. The van der Waals surface area contributed by atoms with Crippen molar-refractivity contribution in [1.29, 1.82) is 0 Å². The van der Waals surface area contributed by atoms with Crippen LogP contribution in [0.1, 0.15) is 27.7 Å². The number of anilines is 1. The van der Waals surface area contributed by atoms with Crippen molar-refractivity contribution >= 4 is 11.9 Å². The Morgan fingerprint density at radius 2 is 2.14 bits per heavy atom. The van der Waals surface area contributed by atoms with Crippen molar-refractivity contribution in [2.45, 2.75) is 39.3 Å². The van der Waals surface area contributed by atoms with E-state index in [-0.39, 0.29) is 18.0 Å². The first-order chi connectivity index (χ1) is 9.76. The second-order valence-electron chi connectivity index (χ2n) is 6.30. The molecule has 1 amide bonds. The van der Waals surface area contributed by atoms with Gasteiger partial charge in [0.2, 0.25) is 0 Å². The molecule has 1 fully saturated rings. The molecule has 2 rings (SSSR count). The molecule has 116 valence electrons. The quantitative estimate of drug-likeness (QED) is 0.799. The maximum Gasteiger partial charge on any atom is 0.410 e. The fourth-order valence-electron chi connectivity index (χ4n) is 2.32. The number of amides is 1. The van der Waals surface area contributed by atoms with E-state index in [1.165, 1.54) is 18.3 Å². The molecule has 1 aromatic rings. The maximum absolute atomic E-state index is 13.3. The molecule has 21 heavy (non-hydrogen) atoms. The summed E-state index contributed by atoms with van der Waals surface area (Å²) in [6, 6.07) is 2.72. The molecule has 0 saturated carbocycles. The lowest BCUT2D eigenvalue weighted by Gasteiger charge is -2.40. The number of aromatic nitrogens is 1. The Kier molecular flexibility index (Phi) is 4.34. The number of rotatable bonds is 1. The number of halogens is 1. The third-order valence-corrected chi connectivity index (χ3v) is 3.29. The molecule has 0 aliphatic carbocycles. The summed E-state index contributed by atoms with van der Waals surface area (Å²) >= 11 is 0. The molecular formula is C15H22FN3O2. The summed E-state index contributed by atoms with van der Waals surface area (Å²) in [6.45, 7) is 9.26. The lowest BCUT2D eigenvalue weighted by Crippen LogP contribution is -2.55. The number of ether oxygens (including phenoxy) is 1. The lowest BCUT2D eigenvalue weighted by atomic mass is 10.2. The minimum absolute atomic E-state index is 0.0151. The molecule has 0 radical (unpaired) electrons. The zero-order chi connectivity index (χ0) is 15.6.